The van der Waals surface area contributed by atoms with Crippen molar-refractivity contribution in [3.63, 3.8) is 0 Å². The first-order chi connectivity index (χ1) is 8.69. The molecule has 1 amide bonds. The van der Waals surface area contributed by atoms with Gasteiger partial charge in [-0.3, -0.25) is 4.79 Å². The molecule has 7 heteroatoms. The molecule has 0 radical (unpaired) electrons. The van der Waals surface area contributed by atoms with Crippen molar-refractivity contribution in [2.24, 2.45) is 11.8 Å². The van der Waals surface area contributed by atoms with Gasteiger partial charge in [0, 0.05) is 0 Å². The number of carboxylic acid groups (broad SMARTS) is 1. The highest BCUT2D eigenvalue weighted by Gasteiger charge is 2.31. The number of sulfone groups is 1. The van der Waals surface area contributed by atoms with Gasteiger partial charge in [0.1, 0.15) is 11.8 Å². The Kier molecular flexibility index (Phi) is 5.34. The van der Waals surface area contributed by atoms with Crippen LogP contribution in [-0.2, 0) is 19.4 Å². The highest BCUT2D eigenvalue weighted by molar-refractivity contribution is 7.92. The quantitative estimate of drug-likeness (QED) is 0.675. The molecule has 1 saturated carbocycles. The van der Waals surface area contributed by atoms with Crippen LogP contribution in [0.3, 0.4) is 0 Å². The summed E-state index contributed by atoms with van der Waals surface area (Å²) >= 11 is 0. The molecule has 1 aliphatic rings. The van der Waals surface area contributed by atoms with Gasteiger partial charge in [0.15, 0.2) is 9.84 Å². The summed E-state index contributed by atoms with van der Waals surface area (Å²) in [5.41, 5.74) is 0. The third-order valence-corrected chi connectivity index (χ3v) is 4.71. The number of hydrogen-bond acceptors (Lipinski definition) is 4. The summed E-state index contributed by atoms with van der Waals surface area (Å²) in [6, 6.07) is -0.978. The molecule has 1 rings (SSSR count). The standard InChI is InChI=1S/C12H21NO5S/c1-8(2)6-19(17,18)7-11(14)13-10(12(15)16)5-9-3-4-9/h8-10H,3-7H2,1-2H3,(H,13,14)(H,15,16). The van der Waals surface area contributed by atoms with E-state index in [1.807, 2.05) is 0 Å². The molecule has 1 unspecified atom stereocenters. The zero-order valence-electron chi connectivity index (χ0n) is 11.3. The van der Waals surface area contributed by atoms with Gasteiger partial charge in [-0.1, -0.05) is 26.7 Å². The van der Waals surface area contributed by atoms with E-state index in [0.29, 0.717) is 12.3 Å². The van der Waals surface area contributed by atoms with E-state index >= 15 is 0 Å². The van der Waals surface area contributed by atoms with Gasteiger partial charge in [0.25, 0.3) is 0 Å². The summed E-state index contributed by atoms with van der Waals surface area (Å²) in [7, 11) is -3.47. The number of amides is 1. The summed E-state index contributed by atoms with van der Waals surface area (Å²) in [6.07, 6.45) is 2.34. The van der Waals surface area contributed by atoms with Gasteiger partial charge in [0.2, 0.25) is 5.91 Å². The van der Waals surface area contributed by atoms with Crippen LogP contribution in [0.5, 0.6) is 0 Å². The molecule has 0 heterocycles. The van der Waals surface area contributed by atoms with Crippen LogP contribution >= 0.6 is 0 Å². The molecule has 110 valence electrons. The van der Waals surface area contributed by atoms with Crippen molar-refractivity contribution in [1.82, 2.24) is 5.32 Å². The number of rotatable bonds is 8. The predicted octanol–water partition coefficient (Wildman–Crippen LogP) is 0.427. The van der Waals surface area contributed by atoms with Crippen molar-refractivity contribution in [3.8, 4) is 0 Å². The van der Waals surface area contributed by atoms with Crippen molar-refractivity contribution in [3.05, 3.63) is 0 Å². The fourth-order valence-corrected chi connectivity index (χ4v) is 3.53. The molecule has 1 atom stereocenters. The number of aliphatic carboxylic acids is 1. The van der Waals surface area contributed by atoms with Crippen LogP contribution in [0.4, 0.5) is 0 Å². The number of carbonyl (C=O) groups is 2. The minimum atomic E-state index is -3.47. The predicted molar refractivity (Wildman–Crippen MR) is 70.4 cm³/mol. The van der Waals surface area contributed by atoms with E-state index in [9.17, 15) is 18.0 Å². The minimum Gasteiger partial charge on any atom is -0.480 e. The van der Waals surface area contributed by atoms with E-state index in [-0.39, 0.29) is 11.7 Å². The maximum Gasteiger partial charge on any atom is 0.326 e. The van der Waals surface area contributed by atoms with Crippen molar-refractivity contribution >= 4 is 21.7 Å². The summed E-state index contributed by atoms with van der Waals surface area (Å²) < 4.78 is 23.3. The summed E-state index contributed by atoms with van der Waals surface area (Å²) in [6.45, 7) is 3.51. The maximum atomic E-state index is 11.6. The molecular formula is C12H21NO5S. The highest BCUT2D eigenvalue weighted by atomic mass is 32.2. The van der Waals surface area contributed by atoms with Crippen LogP contribution in [-0.4, -0.2) is 42.9 Å². The number of nitrogens with one attached hydrogen (secondary N) is 1. The largest absolute Gasteiger partial charge is 0.480 e. The van der Waals surface area contributed by atoms with Gasteiger partial charge < -0.3 is 10.4 Å². The van der Waals surface area contributed by atoms with Crippen LogP contribution < -0.4 is 5.32 Å². The second kappa shape index (κ2) is 6.36. The average molecular weight is 291 g/mol. The van der Waals surface area contributed by atoms with Gasteiger partial charge in [-0.15, -0.1) is 0 Å². The second-order valence-electron chi connectivity index (χ2n) is 5.59. The van der Waals surface area contributed by atoms with E-state index < -0.39 is 33.5 Å². The second-order valence-corrected chi connectivity index (χ2v) is 7.69. The average Bonchev–Trinajstić information content (AvgIpc) is 2.96. The topological polar surface area (TPSA) is 101 Å². The molecule has 19 heavy (non-hydrogen) atoms. The Balaban J connectivity index is 2.49. The Morgan fingerprint density at radius 2 is 1.89 bits per heavy atom. The SMILES string of the molecule is CC(C)CS(=O)(=O)CC(=O)NC(CC1CC1)C(=O)O. The van der Waals surface area contributed by atoms with Crippen LogP contribution in [0.25, 0.3) is 0 Å². The first-order valence-electron chi connectivity index (χ1n) is 6.42. The molecule has 0 saturated heterocycles. The third kappa shape index (κ3) is 6.56. The van der Waals surface area contributed by atoms with Crippen LogP contribution in [0.1, 0.15) is 33.1 Å². The molecule has 2 N–H and O–H groups in total. The van der Waals surface area contributed by atoms with Gasteiger partial charge >= 0.3 is 5.97 Å². The third-order valence-electron chi connectivity index (χ3n) is 2.84. The van der Waals surface area contributed by atoms with Crippen LogP contribution in [0.2, 0.25) is 0 Å². The molecule has 1 fully saturated rings. The summed E-state index contributed by atoms with van der Waals surface area (Å²) in [5, 5.41) is 11.3. The molecule has 0 aromatic heterocycles. The zero-order chi connectivity index (χ0) is 14.6. The van der Waals surface area contributed by atoms with Crippen molar-refractivity contribution in [2.45, 2.75) is 39.2 Å². The Morgan fingerprint density at radius 3 is 2.32 bits per heavy atom. The molecular weight excluding hydrogens is 270 g/mol. The first kappa shape index (κ1) is 15.9. The summed E-state index contributed by atoms with van der Waals surface area (Å²) in [5.74, 6) is -2.26. The van der Waals surface area contributed by atoms with E-state index in [1.165, 1.54) is 0 Å². The van der Waals surface area contributed by atoms with E-state index in [2.05, 4.69) is 5.32 Å². The smallest absolute Gasteiger partial charge is 0.326 e. The van der Waals surface area contributed by atoms with Gasteiger partial charge in [0.05, 0.1) is 5.75 Å². The molecule has 6 nitrogen and oxygen atoms in total. The van der Waals surface area contributed by atoms with Crippen molar-refractivity contribution < 1.29 is 23.1 Å². The van der Waals surface area contributed by atoms with Gasteiger partial charge in [-0.25, -0.2) is 13.2 Å². The van der Waals surface area contributed by atoms with Crippen LogP contribution in [0, 0.1) is 11.8 Å². The zero-order valence-corrected chi connectivity index (χ0v) is 12.1. The molecule has 0 aliphatic heterocycles. The number of carboxylic acids is 1. The molecule has 1 aliphatic carbocycles. The van der Waals surface area contributed by atoms with Crippen molar-refractivity contribution in [1.29, 1.82) is 0 Å². The van der Waals surface area contributed by atoms with Crippen LogP contribution in [0.15, 0.2) is 0 Å². The lowest BCUT2D eigenvalue weighted by Gasteiger charge is -2.14. The number of hydrogen-bond donors (Lipinski definition) is 2. The van der Waals surface area contributed by atoms with Gasteiger partial charge in [-0.2, -0.15) is 0 Å². The molecule has 0 bridgehead atoms. The molecule has 0 aromatic carbocycles. The Morgan fingerprint density at radius 1 is 1.32 bits per heavy atom. The van der Waals surface area contributed by atoms with E-state index in [1.54, 1.807) is 13.8 Å². The molecule has 0 aromatic rings. The Hall–Kier alpha value is -1.11. The Labute approximate surface area is 113 Å². The van der Waals surface area contributed by atoms with E-state index in [0.717, 1.165) is 12.8 Å². The normalized spacial score (nSPS) is 17.2. The number of carbonyl (C=O) groups excluding carboxylic acids is 1. The Bertz CT molecular complexity index is 439. The first-order valence-corrected chi connectivity index (χ1v) is 8.24. The summed E-state index contributed by atoms with van der Waals surface area (Å²) in [4.78, 5) is 22.6. The molecule has 0 spiro atoms. The van der Waals surface area contributed by atoms with E-state index in [4.69, 9.17) is 5.11 Å². The minimum absolute atomic E-state index is 0.0560. The van der Waals surface area contributed by atoms with Gasteiger partial charge in [-0.05, 0) is 18.3 Å². The van der Waals surface area contributed by atoms with Crippen molar-refractivity contribution in [2.75, 3.05) is 11.5 Å². The lowest BCUT2D eigenvalue weighted by atomic mass is 10.1. The highest BCUT2D eigenvalue weighted by Crippen LogP contribution is 2.33. The fourth-order valence-electron chi connectivity index (χ4n) is 1.91. The lowest BCUT2D eigenvalue weighted by Crippen LogP contribution is -2.44. The fraction of sp³-hybridized carbons (Fsp3) is 0.833. The monoisotopic (exact) mass is 291 g/mol. The maximum absolute atomic E-state index is 11.6. The lowest BCUT2D eigenvalue weighted by molar-refractivity contribution is -0.141.